The van der Waals surface area contributed by atoms with E-state index in [2.05, 4.69) is 0 Å². The second kappa shape index (κ2) is 7.77. The van der Waals surface area contributed by atoms with Crippen molar-refractivity contribution in [3.8, 4) is 0 Å². The van der Waals surface area contributed by atoms with Crippen LogP contribution in [0.5, 0.6) is 0 Å². The Bertz CT molecular complexity index is 500. The molecule has 1 aromatic rings. The van der Waals surface area contributed by atoms with Crippen LogP contribution in [0.3, 0.4) is 0 Å². The van der Waals surface area contributed by atoms with Crippen molar-refractivity contribution in [2.24, 2.45) is 0 Å². The van der Waals surface area contributed by atoms with Crippen molar-refractivity contribution >= 4 is 20.5 Å². The van der Waals surface area contributed by atoms with Gasteiger partial charge in [-0.1, -0.05) is 30.3 Å². The normalized spacial score (nSPS) is 10.8. The molecule has 10 heteroatoms. The van der Waals surface area contributed by atoms with Gasteiger partial charge in [-0.2, -0.15) is 0 Å². The van der Waals surface area contributed by atoms with Gasteiger partial charge in [-0.15, -0.1) is 0 Å². The standard InChI is InChI=1S/C7H8O3S.Fe.H2O4S/c8-11(9,10)6-7-4-2-1-3-5-7;;1-5(2,3)4/h1-5H,6H2,(H,8,9,10);;(H2,1,2,3,4)/q;+3;/p-3. The Hall–Kier alpha value is -0.481. The molecular formula is C7H7FeO7S2. The van der Waals surface area contributed by atoms with E-state index < -0.39 is 26.3 Å². The molecule has 0 unspecified atom stereocenters. The third-order valence-electron chi connectivity index (χ3n) is 1.19. The summed E-state index contributed by atoms with van der Waals surface area (Å²) in [4.78, 5) is 0. The molecule has 0 aliphatic carbocycles. The van der Waals surface area contributed by atoms with E-state index in [1.54, 1.807) is 30.3 Å². The summed E-state index contributed by atoms with van der Waals surface area (Å²) >= 11 is 0. The molecule has 0 saturated heterocycles. The van der Waals surface area contributed by atoms with E-state index in [9.17, 15) is 13.0 Å². The Morgan fingerprint density at radius 1 is 0.882 bits per heavy atom. The van der Waals surface area contributed by atoms with Crippen molar-refractivity contribution < 1.29 is 47.6 Å². The first-order valence-corrected chi connectivity index (χ1v) is 6.63. The number of benzene rings is 1. The minimum Gasteiger partial charge on any atom is -0.759 e. The summed E-state index contributed by atoms with van der Waals surface area (Å²) in [7, 11) is -9.29. The van der Waals surface area contributed by atoms with E-state index in [1.807, 2.05) is 0 Å². The Morgan fingerprint density at radius 3 is 1.53 bits per heavy atom. The second-order valence-corrected chi connectivity index (χ2v) is 4.82. The maximum atomic E-state index is 10.2. The molecule has 0 aromatic heterocycles. The van der Waals surface area contributed by atoms with Crippen LogP contribution in [0, 0.1) is 0 Å². The van der Waals surface area contributed by atoms with Crippen molar-refractivity contribution in [2.75, 3.05) is 0 Å². The average Bonchev–Trinajstić information content (AvgIpc) is 1.99. The Morgan fingerprint density at radius 2 is 1.24 bits per heavy atom. The van der Waals surface area contributed by atoms with Crippen LogP contribution >= 0.6 is 0 Å². The molecular weight excluding hydrogens is 316 g/mol. The zero-order valence-electron chi connectivity index (χ0n) is 8.12. The average molecular weight is 323 g/mol. The Balaban J connectivity index is 0. The summed E-state index contributed by atoms with van der Waals surface area (Å²) in [5.41, 5.74) is 0.530. The first-order chi connectivity index (χ1) is 7.08. The van der Waals surface area contributed by atoms with Gasteiger partial charge in [0.25, 0.3) is 0 Å². The SMILES string of the molecule is O=S(=O)([O-])Cc1ccccc1.O=S(=O)([O-])[O-].[Fe+3]. The van der Waals surface area contributed by atoms with E-state index in [4.69, 9.17) is 17.5 Å². The fourth-order valence-electron chi connectivity index (χ4n) is 0.778. The van der Waals surface area contributed by atoms with Gasteiger partial charge in [-0.3, -0.25) is 8.42 Å². The van der Waals surface area contributed by atoms with Gasteiger partial charge >= 0.3 is 17.1 Å². The summed E-state index contributed by atoms with van der Waals surface area (Å²) in [6, 6.07) is 8.37. The van der Waals surface area contributed by atoms with Crippen LogP contribution in [0.15, 0.2) is 30.3 Å². The number of hydrogen-bond donors (Lipinski definition) is 0. The molecule has 7 nitrogen and oxygen atoms in total. The molecule has 0 aliphatic heterocycles. The van der Waals surface area contributed by atoms with Crippen LogP contribution in [-0.4, -0.2) is 30.5 Å². The van der Waals surface area contributed by atoms with Gasteiger partial charge in [-0.25, -0.2) is 8.42 Å². The molecule has 1 aromatic carbocycles. The fraction of sp³-hybridized carbons (Fsp3) is 0.143. The van der Waals surface area contributed by atoms with E-state index >= 15 is 0 Å². The largest absolute Gasteiger partial charge is 3.00 e. The monoisotopic (exact) mass is 323 g/mol. The molecule has 1 radical (unpaired) electrons. The molecule has 0 bridgehead atoms. The maximum Gasteiger partial charge on any atom is 3.00 e. The molecule has 0 fully saturated rings. The fourth-order valence-corrected chi connectivity index (χ4v) is 1.38. The van der Waals surface area contributed by atoms with Gasteiger partial charge in [0.2, 0.25) is 0 Å². The van der Waals surface area contributed by atoms with Gasteiger partial charge < -0.3 is 13.7 Å². The zero-order chi connectivity index (χ0) is 12.8. The van der Waals surface area contributed by atoms with Gasteiger partial charge in [0.05, 0.1) is 15.9 Å². The molecule has 97 valence electrons. The molecule has 1 rings (SSSR count). The van der Waals surface area contributed by atoms with Gasteiger partial charge in [0.15, 0.2) is 0 Å². The zero-order valence-corrected chi connectivity index (χ0v) is 10.9. The van der Waals surface area contributed by atoms with Crippen LogP contribution in [0.4, 0.5) is 0 Å². The van der Waals surface area contributed by atoms with Crippen molar-refractivity contribution in [2.45, 2.75) is 5.75 Å². The van der Waals surface area contributed by atoms with Gasteiger partial charge in [-0.05, 0) is 5.56 Å². The Labute approximate surface area is 110 Å². The van der Waals surface area contributed by atoms with Gasteiger partial charge in [0.1, 0.15) is 0 Å². The van der Waals surface area contributed by atoms with E-state index in [-0.39, 0.29) is 17.1 Å². The summed E-state index contributed by atoms with van der Waals surface area (Å²) in [5.74, 6) is -0.423. The summed E-state index contributed by atoms with van der Waals surface area (Å²) in [6.07, 6.45) is 0. The van der Waals surface area contributed by atoms with Crippen LogP contribution in [-0.2, 0) is 43.3 Å². The summed E-state index contributed by atoms with van der Waals surface area (Å²) in [6.45, 7) is 0. The smallest absolute Gasteiger partial charge is 0.759 e. The van der Waals surface area contributed by atoms with E-state index in [1.165, 1.54) is 0 Å². The topological polar surface area (TPSA) is 137 Å². The minimum atomic E-state index is -5.17. The molecule has 0 saturated carbocycles. The third-order valence-corrected chi connectivity index (χ3v) is 1.87. The first-order valence-electron chi connectivity index (χ1n) is 3.72. The first kappa shape index (κ1) is 18.9. The summed E-state index contributed by atoms with van der Waals surface area (Å²) < 4.78 is 64.8. The molecule has 0 atom stereocenters. The maximum absolute atomic E-state index is 10.2. The third kappa shape index (κ3) is 18.1. The van der Waals surface area contributed by atoms with Crippen LogP contribution in [0.25, 0.3) is 0 Å². The molecule has 0 N–H and O–H groups in total. The summed E-state index contributed by atoms with van der Waals surface area (Å²) in [5, 5.41) is 0. The quantitative estimate of drug-likeness (QED) is 0.402. The molecule has 0 aliphatic rings. The second-order valence-electron chi connectivity index (χ2n) is 2.60. The number of rotatable bonds is 2. The predicted octanol–water partition coefficient (Wildman–Crippen LogP) is -0.609. The molecule has 17 heavy (non-hydrogen) atoms. The van der Waals surface area contributed by atoms with Crippen molar-refractivity contribution in [3.63, 3.8) is 0 Å². The van der Waals surface area contributed by atoms with Gasteiger partial charge in [0, 0.05) is 10.4 Å². The molecule has 0 spiro atoms. The van der Waals surface area contributed by atoms with Crippen LogP contribution in [0.2, 0.25) is 0 Å². The van der Waals surface area contributed by atoms with E-state index in [0.717, 1.165) is 0 Å². The predicted molar refractivity (Wildman–Crippen MR) is 50.3 cm³/mol. The Kier molecular flexibility index (Phi) is 8.63. The van der Waals surface area contributed by atoms with Crippen LogP contribution < -0.4 is 0 Å². The van der Waals surface area contributed by atoms with Crippen molar-refractivity contribution in [1.29, 1.82) is 0 Å². The van der Waals surface area contributed by atoms with Crippen LogP contribution in [0.1, 0.15) is 5.56 Å². The molecule has 0 amide bonds. The van der Waals surface area contributed by atoms with Crippen molar-refractivity contribution in [1.82, 2.24) is 0 Å². The van der Waals surface area contributed by atoms with Crippen molar-refractivity contribution in [3.05, 3.63) is 35.9 Å². The molecule has 0 heterocycles. The van der Waals surface area contributed by atoms with E-state index in [0.29, 0.717) is 5.56 Å². The number of hydrogen-bond acceptors (Lipinski definition) is 7. The minimum absolute atomic E-state index is 0.